The molecule has 2 aromatic carbocycles. The Kier molecular flexibility index (Phi) is 3.90. The molecule has 108 valence electrons. The molecule has 5 heteroatoms. The smallest absolute Gasteiger partial charge is 0.278 e. The largest absolute Gasteiger partial charge is 0.327 e. The minimum Gasteiger partial charge on any atom is -0.327 e. The van der Waals surface area contributed by atoms with Crippen LogP contribution in [0.4, 0.5) is 5.69 Å². The van der Waals surface area contributed by atoms with E-state index in [0.717, 1.165) is 19.5 Å². The average Bonchev–Trinajstić information content (AvgIpc) is 2.47. The Labute approximate surface area is 128 Å². The lowest BCUT2D eigenvalue weighted by Crippen LogP contribution is -3.10. The second-order valence-electron chi connectivity index (χ2n) is 5.40. The fourth-order valence-electron chi connectivity index (χ4n) is 2.94. The number of nitro benzene ring substituents is 1. The first kappa shape index (κ1) is 14.0. The summed E-state index contributed by atoms with van der Waals surface area (Å²) in [4.78, 5) is 12.1. The number of nitro groups is 1. The fraction of sp³-hybridized carbons (Fsp3) is 0.250. The first-order valence-electron chi connectivity index (χ1n) is 6.96. The molecule has 1 atom stereocenters. The normalized spacial score (nSPS) is 17.3. The molecule has 1 aliphatic rings. The fourth-order valence-corrected chi connectivity index (χ4v) is 3.13. The van der Waals surface area contributed by atoms with Gasteiger partial charge in [0.15, 0.2) is 0 Å². The molecule has 0 spiro atoms. The highest BCUT2D eigenvalue weighted by molar-refractivity contribution is 6.30. The van der Waals surface area contributed by atoms with Crippen LogP contribution in [-0.2, 0) is 19.5 Å². The van der Waals surface area contributed by atoms with Crippen molar-refractivity contribution in [2.24, 2.45) is 0 Å². The van der Waals surface area contributed by atoms with Crippen molar-refractivity contribution >= 4 is 17.3 Å². The second kappa shape index (κ2) is 5.84. The van der Waals surface area contributed by atoms with E-state index in [-0.39, 0.29) is 10.6 Å². The molecular formula is C16H16ClN2O2+. The zero-order valence-corrected chi connectivity index (χ0v) is 12.3. The van der Waals surface area contributed by atoms with Crippen molar-refractivity contribution in [2.75, 3.05) is 6.54 Å². The van der Waals surface area contributed by atoms with E-state index < -0.39 is 0 Å². The molecule has 1 heterocycles. The minimum atomic E-state index is -0.330. The highest BCUT2D eigenvalue weighted by Gasteiger charge is 2.23. The summed E-state index contributed by atoms with van der Waals surface area (Å²) < 4.78 is 0. The number of hydrogen-bond acceptors (Lipinski definition) is 2. The van der Waals surface area contributed by atoms with Crippen molar-refractivity contribution in [3.63, 3.8) is 0 Å². The van der Waals surface area contributed by atoms with Crippen molar-refractivity contribution < 1.29 is 9.82 Å². The summed E-state index contributed by atoms with van der Waals surface area (Å²) in [5.74, 6) is 0. The van der Waals surface area contributed by atoms with Gasteiger partial charge >= 0.3 is 0 Å². The van der Waals surface area contributed by atoms with Gasteiger partial charge in [-0.05, 0) is 17.7 Å². The molecule has 4 nitrogen and oxygen atoms in total. The predicted octanol–water partition coefficient (Wildman–Crippen LogP) is 2.39. The number of nitrogens with zero attached hydrogens (tertiary/aromatic N) is 1. The van der Waals surface area contributed by atoms with E-state index in [4.69, 9.17) is 11.6 Å². The summed E-state index contributed by atoms with van der Waals surface area (Å²) >= 11 is 5.99. The van der Waals surface area contributed by atoms with Crippen LogP contribution >= 0.6 is 11.6 Å². The minimum absolute atomic E-state index is 0.158. The topological polar surface area (TPSA) is 47.6 Å². The van der Waals surface area contributed by atoms with Crippen LogP contribution in [0.2, 0.25) is 5.02 Å². The molecule has 0 saturated heterocycles. The van der Waals surface area contributed by atoms with Gasteiger partial charge < -0.3 is 4.90 Å². The number of halogens is 1. The summed E-state index contributed by atoms with van der Waals surface area (Å²) in [6.07, 6.45) is 1.01. The molecule has 0 fully saturated rings. The van der Waals surface area contributed by atoms with Crippen molar-refractivity contribution in [1.29, 1.82) is 0 Å². The van der Waals surface area contributed by atoms with Crippen LogP contribution < -0.4 is 4.90 Å². The number of nitrogens with one attached hydrogen (secondary N) is 1. The van der Waals surface area contributed by atoms with Crippen LogP contribution in [-0.4, -0.2) is 11.5 Å². The molecule has 0 saturated carbocycles. The van der Waals surface area contributed by atoms with Crippen molar-refractivity contribution in [3.05, 3.63) is 74.3 Å². The molecule has 0 bridgehead atoms. The monoisotopic (exact) mass is 303 g/mol. The molecule has 21 heavy (non-hydrogen) atoms. The third-order valence-corrected chi connectivity index (χ3v) is 4.22. The maximum absolute atomic E-state index is 11.1. The third kappa shape index (κ3) is 3.06. The third-order valence-electron chi connectivity index (χ3n) is 3.99. The highest BCUT2D eigenvalue weighted by Crippen LogP contribution is 2.22. The quantitative estimate of drug-likeness (QED) is 0.699. The number of quaternary nitrogens is 1. The molecule has 3 rings (SSSR count). The standard InChI is InChI=1S/C16H15ClN2O2/c17-15-5-6-16(19(20)21)14(9-15)11-18-8-7-12-3-1-2-4-13(12)10-18/h1-6,9H,7-8,10-11H2/p+1. The van der Waals surface area contributed by atoms with Crippen LogP contribution in [0, 0.1) is 10.1 Å². The van der Waals surface area contributed by atoms with Gasteiger partial charge in [-0.25, -0.2) is 0 Å². The van der Waals surface area contributed by atoms with E-state index >= 15 is 0 Å². The van der Waals surface area contributed by atoms with Crippen LogP contribution in [0.5, 0.6) is 0 Å². The number of fused-ring (bicyclic) bond motifs is 1. The molecule has 1 N–H and O–H groups in total. The summed E-state index contributed by atoms with van der Waals surface area (Å²) in [6, 6.07) is 13.2. The Morgan fingerprint density at radius 2 is 1.95 bits per heavy atom. The number of hydrogen-bond donors (Lipinski definition) is 1. The second-order valence-corrected chi connectivity index (χ2v) is 5.84. The maximum Gasteiger partial charge on any atom is 0.278 e. The molecule has 2 aromatic rings. The van der Waals surface area contributed by atoms with E-state index in [0.29, 0.717) is 17.1 Å². The Morgan fingerprint density at radius 1 is 1.19 bits per heavy atom. The van der Waals surface area contributed by atoms with Crippen molar-refractivity contribution in [3.8, 4) is 0 Å². The Hall–Kier alpha value is -1.91. The maximum atomic E-state index is 11.1. The van der Waals surface area contributed by atoms with Gasteiger partial charge in [-0.15, -0.1) is 0 Å². The molecule has 1 aliphatic heterocycles. The molecule has 1 unspecified atom stereocenters. The van der Waals surface area contributed by atoms with E-state index in [9.17, 15) is 10.1 Å². The first-order chi connectivity index (χ1) is 10.1. The van der Waals surface area contributed by atoms with Crippen LogP contribution in [0.3, 0.4) is 0 Å². The van der Waals surface area contributed by atoms with E-state index in [1.807, 2.05) is 6.07 Å². The van der Waals surface area contributed by atoms with Crippen LogP contribution in [0.15, 0.2) is 42.5 Å². The van der Waals surface area contributed by atoms with Gasteiger partial charge in [0.2, 0.25) is 0 Å². The van der Waals surface area contributed by atoms with Gasteiger partial charge in [-0.3, -0.25) is 10.1 Å². The first-order valence-corrected chi connectivity index (χ1v) is 7.34. The lowest BCUT2D eigenvalue weighted by Gasteiger charge is -2.25. The van der Waals surface area contributed by atoms with Crippen molar-refractivity contribution in [1.82, 2.24) is 0 Å². The van der Waals surface area contributed by atoms with Gasteiger partial charge in [-0.2, -0.15) is 0 Å². The molecule has 0 radical (unpaired) electrons. The van der Waals surface area contributed by atoms with Crippen LogP contribution in [0.25, 0.3) is 0 Å². The van der Waals surface area contributed by atoms with Gasteiger partial charge in [0.1, 0.15) is 13.1 Å². The van der Waals surface area contributed by atoms with Gasteiger partial charge in [-0.1, -0.05) is 35.9 Å². The van der Waals surface area contributed by atoms with E-state index in [1.165, 1.54) is 22.1 Å². The summed E-state index contributed by atoms with van der Waals surface area (Å²) in [7, 11) is 0. The number of benzene rings is 2. The summed E-state index contributed by atoms with van der Waals surface area (Å²) in [6.45, 7) is 2.52. The predicted molar refractivity (Wildman–Crippen MR) is 81.5 cm³/mol. The van der Waals surface area contributed by atoms with Gasteiger partial charge in [0, 0.05) is 23.1 Å². The van der Waals surface area contributed by atoms with Gasteiger partial charge in [0.05, 0.1) is 17.0 Å². The van der Waals surface area contributed by atoms with Crippen LogP contribution in [0.1, 0.15) is 16.7 Å². The molecular weight excluding hydrogens is 288 g/mol. The van der Waals surface area contributed by atoms with Gasteiger partial charge in [0.25, 0.3) is 5.69 Å². The Bertz CT molecular complexity index is 688. The molecule has 0 aromatic heterocycles. The average molecular weight is 304 g/mol. The number of rotatable bonds is 3. The highest BCUT2D eigenvalue weighted by atomic mass is 35.5. The molecule has 0 aliphatic carbocycles. The SMILES string of the molecule is O=[N+]([O-])c1ccc(Cl)cc1C[NH+]1CCc2ccccc2C1. The summed E-state index contributed by atoms with van der Waals surface area (Å²) in [5.41, 5.74) is 3.60. The Morgan fingerprint density at radius 3 is 2.71 bits per heavy atom. The Balaban J connectivity index is 1.82. The van der Waals surface area contributed by atoms with E-state index in [2.05, 4.69) is 18.2 Å². The molecule has 0 amide bonds. The lowest BCUT2D eigenvalue weighted by molar-refractivity contribution is -0.929. The zero-order chi connectivity index (χ0) is 14.8. The zero-order valence-electron chi connectivity index (χ0n) is 11.5. The summed E-state index contributed by atoms with van der Waals surface area (Å²) in [5, 5.41) is 11.7. The lowest BCUT2D eigenvalue weighted by atomic mass is 9.99. The van der Waals surface area contributed by atoms with E-state index in [1.54, 1.807) is 12.1 Å². The van der Waals surface area contributed by atoms with Crippen molar-refractivity contribution in [2.45, 2.75) is 19.5 Å².